The average molecular weight is 409 g/mol. The van der Waals surface area contributed by atoms with Gasteiger partial charge in [-0.1, -0.05) is 29.4 Å². The molecule has 4 aromatic rings. The Morgan fingerprint density at radius 3 is 2.72 bits per heavy atom. The van der Waals surface area contributed by atoms with E-state index in [9.17, 15) is 9.18 Å². The average Bonchev–Trinajstić information content (AvgIpc) is 3.41. The highest BCUT2D eigenvalue weighted by Crippen LogP contribution is 2.23. The number of benzene rings is 2. The molecule has 8 heteroatoms. The number of amides is 1. The number of para-hydroxylation sites is 1. The van der Waals surface area contributed by atoms with Gasteiger partial charge in [0.2, 0.25) is 11.7 Å². The number of nitrogens with zero attached hydrogens (tertiary/aromatic N) is 2. The normalized spacial score (nSPS) is 10.7. The van der Waals surface area contributed by atoms with Crippen LogP contribution in [-0.2, 0) is 11.2 Å². The van der Waals surface area contributed by atoms with Crippen LogP contribution in [0, 0.1) is 5.82 Å². The number of hydrogen-bond donors (Lipinski definition) is 1. The van der Waals surface area contributed by atoms with E-state index in [2.05, 4.69) is 15.5 Å². The van der Waals surface area contributed by atoms with Gasteiger partial charge >= 0.3 is 0 Å². The first-order valence-electron chi connectivity index (χ1n) is 8.80. The standard InChI is InChI=1S/C21H16FN3O3S/c22-15-7-9-16(10-8-15)27-13-19(26)23-17-5-2-1-4-14(17)12-20-24-21(25-28-20)18-6-3-11-29-18/h1-11H,12-13H2,(H,23,26). The van der Waals surface area contributed by atoms with Crippen LogP contribution >= 0.6 is 11.3 Å². The first kappa shape index (κ1) is 18.8. The van der Waals surface area contributed by atoms with Gasteiger partial charge in [0.1, 0.15) is 11.6 Å². The van der Waals surface area contributed by atoms with Crippen LogP contribution in [0.4, 0.5) is 10.1 Å². The summed E-state index contributed by atoms with van der Waals surface area (Å²) < 4.78 is 23.7. The zero-order chi connectivity index (χ0) is 20.1. The Balaban J connectivity index is 1.40. The quantitative estimate of drug-likeness (QED) is 0.485. The Morgan fingerprint density at radius 2 is 1.93 bits per heavy atom. The van der Waals surface area contributed by atoms with Crippen molar-refractivity contribution in [3.63, 3.8) is 0 Å². The molecule has 0 spiro atoms. The molecule has 29 heavy (non-hydrogen) atoms. The van der Waals surface area contributed by atoms with E-state index in [4.69, 9.17) is 9.26 Å². The fraction of sp³-hybridized carbons (Fsp3) is 0.0952. The summed E-state index contributed by atoms with van der Waals surface area (Å²) in [6, 6.07) is 16.7. The number of hydrogen-bond acceptors (Lipinski definition) is 6. The number of carbonyl (C=O) groups is 1. The SMILES string of the molecule is O=C(COc1ccc(F)cc1)Nc1ccccc1Cc1nc(-c2cccs2)no1. The number of halogens is 1. The Kier molecular flexibility index (Phi) is 5.62. The van der Waals surface area contributed by atoms with Crippen LogP contribution in [-0.4, -0.2) is 22.7 Å². The number of thiophene rings is 1. The van der Waals surface area contributed by atoms with E-state index >= 15 is 0 Å². The predicted octanol–water partition coefficient (Wildman–Crippen LogP) is 4.55. The fourth-order valence-corrected chi connectivity index (χ4v) is 3.31. The van der Waals surface area contributed by atoms with E-state index in [0.717, 1.165) is 10.4 Å². The Bertz CT molecular complexity index is 1090. The lowest BCUT2D eigenvalue weighted by Gasteiger charge is -2.10. The number of nitrogens with one attached hydrogen (secondary N) is 1. The lowest BCUT2D eigenvalue weighted by atomic mass is 10.1. The van der Waals surface area contributed by atoms with Crippen molar-refractivity contribution in [1.82, 2.24) is 10.1 Å². The molecule has 0 saturated carbocycles. The van der Waals surface area contributed by atoms with Crippen LogP contribution in [0.1, 0.15) is 11.5 Å². The van der Waals surface area contributed by atoms with Crippen LogP contribution in [0.3, 0.4) is 0 Å². The second-order valence-corrected chi connectivity index (χ2v) is 7.06. The summed E-state index contributed by atoms with van der Waals surface area (Å²) in [6.45, 7) is -0.191. The molecule has 0 aliphatic rings. The van der Waals surface area contributed by atoms with Gasteiger partial charge in [-0.15, -0.1) is 11.3 Å². The number of ether oxygens (including phenoxy) is 1. The predicted molar refractivity (Wildman–Crippen MR) is 107 cm³/mol. The summed E-state index contributed by atoms with van der Waals surface area (Å²) in [4.78, 5) is 17.6. The van der Waals surface area contributed by atoms with Gasteiger partial charge in [-0.25, -0.2) is 4.39 Å². The minimum atomic E-state index is -0.362. The largest absolute Gasteiger partial charge is 0.484 e. The molecule has 0 aliphatic carbocycles. The zero-order valence-electron chi connectivity index (χ0n) is 15.2. The van der Waals surface area contributed by atoms with Gasteiger partial charge in [-0.3, -0.25) is 4.79 Å². The van der Waals surface area contributed by atoms with Crippen molar-refractivity contribution in [2.24, 2.45) is 0 Å². The molecule has 1 amide bonds. The van der Waals surface area contributed by atoms with Crippen LogP contribution in [0.25, 0.3) is 10.7 Å². The molecule has 0 radical (unpaired) electrons. The van der Waals surface area contributed by atoms with Gasteiger partial charge in [-0.2, -0.15) is 4.98 Å². The first-order chi connectivity index (χ1) is 14.2. The smallest absolute Gasteiger partial charge is 0.262 e. The molecule has 1 N–H and O–H groups in total. The number of rotatable bonds is 7. The molecule has 0 saturated heterocycles. The fourth-order valence-electron chi connectivity index (χ4n) is 2.66. The minimum absolute atomic E-state index is 0.191. The van der Waals surface area contributed by atoms with Gasteiger partial charge < -0.3 is 14.6 Å². The second kappa shape index (κ2) is 8.66. The van der Waals surface area contributed by atoms with Crippen LogP contribution in [0.5, 0.6) is 5.75 Å². The maximum atomic E-state index is 12.9. The van der Waals surface area contributed by atoms with Gasteiger partial charge in [-0.05, 0) is 47.3 Å². The first-order valence-corrected chi connectivity index (χ1v) is 9.68. The molecule has 2 heterocycles. The highest BCUT2D eigenvalue weighted by atomic mass is 32.1. The summed E-state index contributed by atoms with van der Waals surface area (Å²) in [7, 11) is 0. The second-order valence-electron chi connectivity index (χ2n) is 6.11. The van der Waals surface area contributed by atoms with E-state index in [1.54, 1.807) is 6.07 Å². The van der Waals surface area contributed by atoms with E-state index in [0.29, 0.717) is 29.6 Å². The lowest BCUT2D eigenvalue weighted by Crippen LogP contribution is -2.21. The third-order valence-electron chi connectivity index (χ3n) is 4.03. The van der Waals surface area contributed by atoms with Crippen molar-refractivity contribution in [3.05, 3.63) is 83.3 Å². The van der Waals surface area contributed by atoms with Crippen molar-refractivity contribution < 1.29 is 18.4 Å². The van der Waals surface area contributed by atoms with Gasteiger partial charge in [0.15, 0.2) is 6.61 Å². The zero-order valence-corrected chi connectivity index (χ0v) is 16.0. The van der Waals surface area contributed by atoms with Crippen LogP contribution < -0.4 is 10.1 Å². The molecule has 0 fully saturated rings. The van der Waals surface area contributed by atoms with Crippen molar-refractivity contribution in [2.75, 3.05) is 11.9 Å². The van der Waals surface area contributed by atoms with Crippen molar-refractivity contribution >= 4 is 22.9 Å². The summed E-state index contributed by atoms with van der Waals surface area (Å²) in [5.74, 6) is 0.731. The van der Waals surface area contributed by atoms with Gasteiger partial charge in [0, 0.05) is 5.69 Å². The molecule has 0 aliphatic heterocycles. The number of anilines is 1. The topological polar surface area (TPSA) is 77.2 Å². The molecule has 6 nitrogen and oxygen atoms in total. The molecule has 0 unspecified atom stereocenters. The van der Waals surface area contributed by atoms with Crippen LogP contribution in [0.2, 0.25) is 0 Å². The highest BCUT2D eigenvalue weighted by molar-refractivity contribution is 7.13. The Hall–Kier alpha value is -3.52. The highest BCUT2D eigenvalue weighted by Gasteiger charge is 2.13. The van der Waals surface area contributed by atoms with Gasteiger partial charge in [0.05, 0.1) is 11.3 Å². The van der Waals surface area contributed by atoms with Crippen molar-refractivity contribution in [3.8, 4) is 16.5 Å². The molecule has 0 atom stereocenters. The van der Waals surface area contributed by atoms with E-state index in [-0.39, 0.29) is 18.3 Å². The van der Waals surface area contributed by atoms with E-state index in [1.807, 2.05) is 35.7 Å². The molecule has 0 bridgehead atoms. The van der Waals surface area contributed by atoms with E-state index in [1.165, 1.54) is 35.6 Å². The lowest BCUT2D eigenvalue weighted by molar-refractivity contribution is -0.118. The Morgan fingerprint density at radius 1 is 1.10 bits per heavy atom. The summed E-state index contributed by atoms with van der Waals surface area (Å²) in [6.07, 6.45) is 0.383. The number of carbonyl (C=O) groups excluding carboxylic acids is 1. The summed E-state index contributed by atoms with van der Waals surface area (Å²) >= 11 is 1.53. The maximum absolute atomic E-state index is 12.9. The molecule has 2 aromatic carbocycles. The molecule has 146 valence electrons. The third-order valence-corrected chi connectivity index (χ3v) is 4.89. The monoisotopic (exact) mass is 409 g/mol. The minimum Gasteiger partial charge on any atom is -0.484 e. The maximum Gasteiger partial charge on any atom is 0.262 e. The third kappa shape index (κ3) is 4.85. The molecule has 4 rings (SSSR count). The van der Waals surface area contributed by atoms with E-state index < -0.39 is 0 Å². The Labute approximate surface area is 170 Å². The van der Waals surface area contributed by atoms with Crippen molar-refractivity contribution in [1.29, 1.82) is 0 Å². The van der Waals surface area contributed by atoms with Crippen molar-refractivity contribution in [2.45, 2.75) is 6.42 Å². The number of aromatic nitrogens is 2. The molecular weight excluding hydrogens is 393 g/mol. The molecule has 2 aromatic heterocycles. The molecular formula is C21H16FN3O3S. The van der Waals surface area contributed by atoms with Crippen LogP contribution in [0.15, 0.2) is 70.6 Å². The summed E-state index contributed by atoms with van der Waals surface area (Å²) in [5, 5.41) is 8.77. The van der Waals surface area contributed by atoms with Gasteiger partial charge in [0.25, 0.3) is 5.91 Å². The summed E-state index contributed by atoms with van der Waals surface area (Å²) in [5.41, 5.74) is 1.47.